The van der Waals surface area contributed by atoms with Crippen LogP contribution in [0, 0.1) is 0 Å². The average molecular weight is 280 g/mol. The van der Waals surface area contributed by atoms with Gasteiger partial charge in [0.1, 0.15) is 5.76 Å². The lowest BCUT2D eigenvalue weighted by Gasteiger charge is -2.05. The molecule has 0 aromatic heterocycles. The minimum Gasteiger partial charge on any atom is -0.510 e. The van der Waals surface area contributed by atoms with Gasteiger partial charge in [0.25, 0.3) is 0 Å². The molecule has 0 amide bonds. The largest absolute Gasteiger partial charge is 0.510 e. The molecule has 0 saturated heterocycles. The fourth-order valence-electron chi connectivity index (χ4n) is 1.92. The molecule has 21 heavy (non-hydrogen) atoms. The number of nitrogens with zero attached hydrogens (tertiary/aromatic N) is 2. The Morgan fingerprint density at radius 3 is 2.19 bits per heavy atom. The molecule has 106 valence electrons. The fraction of sp³-hybridized carbons (Fsp3) is 0.118. The number of aliphatic hydroxyl groups excluding tert-OH is 1. The van der Waals surface area contributed by atoms with Crippen LogP contribution in [-0.2, 0) is 4.79 Å². The number of carbonyl (C=O) groups excluding carboxylic acids is 1. The van der Waals surface area contributed by atoms with Crippen LogP contribution in [0.5, 0.6) is 0 Å². The second-order valence-corrected chi connectivity index (χ2v) is 4.57. The van der Waals surface area contributed by atoms with Crippen molar-refractivity contribution in [3.05, 3.63) is 66.1 Å². The van der Waals surface area contributed by atoms with E-state index >= 15 is 0 Å². The third-order valence-electron chi connectivity index (χ3n) is 2.92. The van der Waals surface area contributed by atoms with E-state index < -0.39 is 0 Å². The van der Waals surface area contributed by atoms with E-state index in [0.717, 1.165) is 11.1 Å². The predicted octanol–water partition coefficient (Wildman–Crippen LogP) is 4.82. The first kappa shape index (κ1) is 14.7. The molecule has 0 unspecified atom stereocenters. The summed E-state index contributed by atoms with van der Waals surface area (Å²) in [5.74, 6) is -0.459. The van der Waals surface area contributed by atoms with Gasteiger partial charge in [-0.3, -0.25) is 4.79 Å². The molecule has 0 aliphatic heterocycles. The van der Waals surface area contributed by atoms with E-state index in [1.165, 1.54) is 13.8 Å². The van der Waals surface area contributed by atoms with Crippen LogP contribution in [0.3, 0.4) is 0 Å². The van der Waals surface area contributed by atoms with Gasteiger partial charge in [0.15, 0.2) is 11.5 Å². The van der Waals surface area contributed by atoms with E-state index in [1.807, 2.05) is 54.6 Å². The van der Waals surface area contributed by atoms with Crippen molar-refractivity contribution >= 4 is 11.5 Å². The lowest BCUT2D eigenvalue weighted by atomic mass is 10.0. The smallest absolute Gasteiger partial charge is 0.183 e. The molecule has 0 aliphatic carbocycles. The minimum absolute atomic E-state index is 0.0298. The number of benzene rings is 2. The number of ketones is 1. The molecule has 0 bridgehead atoms. The molecule has 0 atom stereocenters. The average Bonchev–Trinajstić information content (AvgIpc) is 2.48. The van der Waals surface area contributed by atoms with Crippen molar-refractivity contribution in [3.63, 3.8) is 0 Å². The molecule has 0 saturated carbocycles. The summed E-state index contributed by atoms with van der Waals surface area (Å²) < 4.78 is 0. The number of azo groups is 1. The zero-order chi connectivity index (χ0) is 15.2. The minimum atomic E-state index is -0.323. The summed E-state index contributed by atoms with van der Waals surface area (Å²) in [5.41, 5.74) is 2.54. The molecule has 4 nitrogen and oxygen atoms in total. The lowest BCUT2D eigenvalue weighted by molar-refractivity contribution is -0.113. The highest BCUT2D eigenvalue weighted by Gasteiger charge is 2.08. The SMILES string of the molecule is CC(=O)C(N=Nc1ccccc1-c1ccccc1)=C(C)O. The first-order chi connectivity index (χ1) is 10.1. The summed E-state index contributed by atoms with van der Waals surface area (Å²) in [6, 6.07) is 17.3. The monoisotopic (exact) mass is 280 g/mol. The van der Waals surface area contributed by atoms with Crippen LogP contribution < -0.4 is 0 Å². The highest BCUT2D eigenvalue weighted by Crippen LogP contribution is 2.30. The standard InChI is InChI=1S/C17H16N2O2/c1-12(20)17(13(2)21)19-18-16-11-7-6-10-15(16)14-8-4-3-5-9-14/h3-11,20H,1-2H3. The van der Waals surface area contributed by atoms with Gasteiger partial charge >= 0.3 is 0 Å². The van der Waals surface area contributed by atoms with Crippen LogP contribution in [0.15, 0.2) is 76.3 Å². The van der Waals surface area contributed by atoms with Crippen molar-refractivity contribution in [1.82, 2.24) is 0 Å². The maximum atomic E-state index is 11.4. The molecule has 0 fully saturated rings. The third kappa shape index (κ3) is 3.63. The number of carbonyl (C=O) groups is 1. The number of rotatable bonds is 4. The van der Waals surface area contributed by atoms with Gasteiger partial charge in [-0.05, 0) is 18.6 Å². The van der Waals surface area contributed by atoms with Crippen molar-refractivity contribution in [2.45, 2.75) is 13.8 Å². The molecule has 2 aromatic rings. The van der Waals surface area contributed by atoms with E-state index in [-0.39, 0.29) is 17.2 Å². The summed E-state index contributed by atoms with van der Waals surface area (Å²) >= 11 is 0. The van der Waals surface area contributed by atoms with Gasteiger partial charge in [-0.2, -0.15) is 0 Å². The molecule has 1 N–H and O–H groups in total. The second kappa shape index (κ2) is 6.61. The molecular formula is C17H16N2O2. The Morgan fingerprint density at radius 2 is 1.57 bits per heavy atom. The van der Waals surface area contributed by atoms with Crippen molar-refractivity contribution in [2.24, 2.45) is 10.2 Å². The first-order valence-electron chi connectivity index (χ1n) is 6.56. The summed E-state index contributed by atoms with van der Waals surface area (Å²) in [6.45, 7) is 2.76. The highest BCUT2D eigenvalue weighted by atomic mass is 16.3. The van der Waals surface area contributed by atoms with Gasteiger partial charge in [-0.15, -0.1) is 10.2 Å². The van der Waals surface area contributed by atoms with E-state index in [4.69, 9.17) is 0 Å². The highest BCUT2D eigenvalue weighted by molar-refractivity contribution is 5.93. The van der Waals surface area contributed by atoms with Gasteiger partial charge in [0.2, 0.25) is 0 Å². The summed E-state index contributed by atoms with van der Waals surface area (Å²) in [4.78, 5) is 11.4. The van der Waals surface area contributed by atoms with Gasteiger partial charge in [0, 0.05) is 12.5 Å². The summed E-state index contributed by atoms with van der Waals surface area (Å²) in [5, 5.41) is 17.4. The van der Waals surface area contributed by atoms with Crippen LogP contribution in [0.1, 0.15) is 13.8 Å². The Labute approximate surface area is 123 Å². The number of Topliss-reactive ketones (excluding diaryl/α,β-unsaturated/α-hetero) is 1. The zero-order valence-corrected chi connectivity index (χ0v) is 11.9. The maximum absolute atomic E-state index is 11.4. The molecule has 2 rings (SSSR count). The topological polar surface area (TPSA) is 62.0 Å². The van der Waals surface area contributed by atoms with Crippen LogP contribution in [0.25, 0.3) is 11.1 Å². The van der Waals surface area contributed by atoms with Crippen molar-refractivity contribution in [3.8, 4) is 11.1 Å². The van der Waals surface area contributed by atoms with Gasteiger partial charge in [-0.1, -0.05) is 48.5 Å². The maximum Gasteiger partial charge on any atom is 0.183 e. The van der Waals surface area contributed by atoms with Crippen LogP contribution in [0.4, 0.5) is 5.69 Å². The van der Waals surface area contributed by atoms with Gasteiger partial charge in [-0.25, -0.2) is 0 Å². The fourth-order valence-corrected chi connectivity index (χ4v) is 1.92. The van der Waals surface area contributed by atoms with Gasteiger partial charge in [0.05, 0.1) is 5.69 Å². The number of allylic oxidation sites excluding steroid dienone is 2. The lowest BCUT2D eigenvalue weighted by Crippen LogP contribution is -1.96. The summed E-state index contributed by atoms with van der Waals surface area (Å²) in [7, 11) is 0. The van der Waals surface area contributed by atoms with Crippen LogP contribution in [-0.4, -0.2) is 10.9 Å². The molecule has 0 spiro atoms. The van der Waals surface area contributed by atoms with E-state index in [0.29, 0.717) is 5.69 Å². The van der Waals surface area contributed by atoms with Crippen LogP contribution >= 0.6 is 0 Å². The Hall–Kier alpha value is -2.75. The van der Waals surface area contributed by atoms with Crippen molar-refractivity contribution in [2.75, 3.05) is 0 Å². The quantitative estimate of drug-likeness (QED) is 0.496. The number of hydrogen-bond donors (Lipinski definition) is 1. The normalized spacial score (nSPS) is 12.3. The molecule has 4 heteroatoms. The molecule has 0 heterocycles. The molecule has 2 aromatic carbocycles. The molecule has 0 radical (unpaired) electrons. The second-order valence-electron chi connectivity index (χ2n) is 4.57. The Bertz CT molecular complexity index is 700. The van der Waals surface area contributed by atoms with E-state index in [1.54, 1.807) is 0 Å². The first-order valence-corrected chi connectivity index (χ1v) is 6.56. The molecular weight excluding hydrogens is 264 g/mol. The summed E-state index contributed by atoms with van der Waals surface area (Å²) in [6.07, 6.45) is 0. The van der Waals surface area contributed by atoms with Crippen LogP contribution in [0.2, 0.25) is 0 Å². The Balaban J connectivity index is 2.43. The van der Waals surface area contributed by atoms with Crippen molar-refractivity contribution < 1.29 is 9.90 Å². The van der Waals surface area contributed by atoms with Gasteiger partial charge < -0.3 is 5.11 Å². The Kier molecular flexibility index (Phi) is 4.61. The van der Waals surface area contributed by atoms with E-state index in [2.05, 4.69) is 10.2 Å². The number of hydrogen-bond acceptors (Lipinski definition) is 4. The Morgan fingerprint density at radius 1 is 0.952 bits per heavy atom. The third-order valence-corrected chi connectivity index (χ3v) is 2.92. The van der Waals surface area contributed by atoms with E-state index in [9.17, 15) is 9.90 Å². The molecule has 0 aliphatic rings. The number of aliphatic hydroxyl groups is 1. The zero-order valence-electron chi connectivity index (χ0n) is 11.9. The van der Waals surface area contributed by atoms with Crippen molar-refractivity contribution in [1.29, 1.82) is 0 Å². The predicted molar refractivity (Wildman–Crippen MR) is 82.4 cm³/mol.